The molecule has 6 rings (SSSR count). The SMILES string of the molecule is O=c1nc(N2CCOCC2)oc2c(-c3cc4ccccc4s3)c(OCc3ccccc3)ccc12. The molecule has 0 N–H and O–H groups in total. The zero-order chi connectivity index (χ0) is 22.9. The summed E-state index contributed by atoms with van der Waals surface area (Å²) in [5, 5.41) is 1.58. The topological polar surface area (TPSA) is 64.8 Å². The second kappa shape index (κ2) is 8.93. The average Bonchev–Trinajstić information content (AvgIpc) is 3.32. The Bertz CT molecular complexity index is 1490. The summed E-state index contributed by atoms with van der Waals surface area (Å²) in [4.78, 5) is 20.2. The Hall–Kier alpha value is -3.68. The van der Waals surface area contributed by atoms with Crippen LogP contribution in [0.1, 0.15) is 5.56 Å². The van der Waals surface area contributed by atoms with Crippen LogP contribution < -0.4 is 15.2 Å². The number of aromatic nitrogens is 1. The second-order valence-electron chi connectivity index (χ2n) is 8.14. The molecule has 6 nitrogen and oxygen atoms in total. The molecule has 1 aliphatic heterocycles. The fourth-order valence-electron chi connectivity index (χ4n) is 4.18. The molecule has 34 heavy (non-hydrogen) atoms. The van der Waals surface area contributed by atoms with Gasteiger partial charge < -0.3 is 18.8 Å². The molecule has 5 aromatic rings. The average molecular weight is 471 g/mol. The van der Waals surface area contributed by atoms with Gasteiger partial charge in [-0.25, -0.2) is 0 Å². The van der Waals surface area contributed by atoms with Gasteiger partial charge in [-0.1, -0.05) is 48.5 Å². The number of fused-ring (bicyclic) bond motifs is 2. The van der Waals surface area contributed by atoms with Gasteiger partial charge >= 0.3 is 6.01 Å². The Morgan fingerprint density at radius 2 is 1.76 bits per heavy atom. The minimum Gasteiger partial charge on any atom is -0.488 e. The van der Waals surface area contributed by atoms with Crippen molar-refractivity contribution in [2.45, 2.75) is 6.61 Å². The lowest BCUT2D eigenvalue weighted by Crippen LogP contribution is -2.37. The van der Waals surface area contributed by atoms with E-state index in [0.29, 0.717) is 55.6 Å². The zero-order valence-electron chi connectivity index (χ0n) is 18.4. The van der Waals surface area contributed by atoms with Crippen molar-refractivity contribution in [3.63, 3.8) is 0 Å². The predicted octanol–water partition coefficient (Wildman–Crippen LogP) is 5.49. The molecular formula is C27H22N2O4S. The van der Waals surface area contributed by atoms with Crippen LogP contribution in [0.3, 0.4) is 0 Å². The van der Waals surface area contributed by atoms with Crippen molar-refractivity contribution in [2.75, 3.05) is 31.2 Å². The lowest BCUT2D eigenvalue weighted by Gasteiger charge is -2.26. The highest BCUT2D eigenvalue weighted by molar-refractivity contribution is 7.22. The quantitative estimate of drug-likeness (QED) is 0.339. The summed E-state index contributed by atoms with van der Waals surface area (Å²) in [5.74, 6) is 0.671. The third-order valence-corrected chi connectivity index (χ3v) is 7.06. The highest BCUT2D eigenvalue weighted by atomic mass is 32.1. The summed E-state index contributed by atoms with van der Waals surface area (Å²) >= 11 is 1.65. The van der Waals surface area contributed by atoms with Crippen molar-refractivity contribution in [2.24, 2.45) is 0 Å². The van der Waals surface area contributed by atoms with E-state index in [1.807, 2.05) is 53.4 Å². The Balaban J connectivity index is 1.53. The molecule has 0 atom stereocenters. The number of ether oxygens (including phenoxy) is 2. The van der Waals surface area contributed by atoms with E-state index in [0.717, 1.165) is 26.1 Å². The Morgan fingerprint density at radius 3 is 2.59 bits per heavy atom. The molecule has 0 saturated carbocycles. The molecule has 0 bridgehead atoms. The van der Waals surface area contributed by atoms with E-state index < -0.39 is 0 Å². The van der Waals surface area contributed by atoms with E-state index in [-0.39, 0.29) is 5.56 Å². The van der Waals surface area contributed by atoms with Crippen molar-refractivity contribution in [3.05, 3.63) is 88.7 Å². The first kappa shape index (κ1) is 20.9. The number of hydrogen-bond donors (Lipinski definition) is 0. The van der Waals surface area contributed by atoms with Crippen LogP contribution in [-0.2, 0) is 11.3 Å². The van der Waals surface area contributed by atoms with E-state index in [1.54, 1.807) is 17.4 Å². The van der Waals surface area contributed by atoms with Crippen LogP contribution in [0, 0.1) is 0 Å². The lowest BCUT2D eigenvalue weighted by molar-refractivity contribution is 0.120. The number of morpholine rings is 1. The molecule has 1 fully saturated rings. The molecule has 0 spiro atoms. The first-order valence-electron chi connectivity index (χ1n) is 11.2. The van der Waals surface area contributed by atoms with Crippen LogP contribution in [0.4, 0.5) is 6.01 Å². The van der Waals surface area contributed by atoms with Gasteiger partial charge in [0, 0.05) is 22.7 Å². The summed E-state index contributed by atoms with van der Waals surface area (Å²) in [6, 6.07) is 24.3. The van der Waals surface area contributed by atoms with Crippen LogP contribution in [0.2, 0.25) is 0 Å². The third kappa shape index (κ3) is 3.93. The fourth-order valence-corrected chi connectivity index (χ4v) is 5.29. The van der Waals surface area contributed by atoms with Gasteiger partial charge in [-0.3, -0.25) is 4.79 Å². The van der Waals surface area contributed by atoms with Crippen molar-refractivity contribution >= 4 is 38.4 Å². The molecular weight excluding hydrogens is 448 g/mol. The molecule has 3 aromatic carbocycles. The van der Waals surface area contributed by atoms with Gasteiger partial charge in [0.05, 0.1) is 24.2 Å². The molecule has 3 heterocycles. The highest BCUT2D eigenvalue weighted by Crippen LogP contribution is 2.43. The van der Waals surface area contributed by atoms with Crippen LogP contribution >= 0.6 is 11.3 Å². The van der Waals surface area contributed by atoms with Crippen molar-refractivity contribution in [1.82, 2.24) is 4.98 Å². The molecule has 0 radical (unpaired) electrons. The minimum atomic E-state index is -0.306. The van der Waals surface area contributed by atoms with Crippen LogP contribution in [0.25, 0.3) is 31.5 Å². The van der Waals surface area contributed by atoms with Gasteiger partial charge in [0.2, 0.25) is 0 Å². The number of nitrogens with zero attached hydrogens (tertiary/aromatic N) is 2. The number of benzene rings is 3. The number of hydrogen-bond acceptors (Lipinski definition) is 7. The van der Waals surface area contributed by atoms with Gasteiger partial charge in [0.25, 0.3) is 5.56 Å². The van der Waals surface area contributed by atoms with E-state index in [4.69, 9.17) is 13.9 Å². The van der Waals surface area contributed by atoms with E-state index in [1.165, 1.54) is 0 Å². The maximum Gasteiger partial charge on any atom is 0.301 e. The Morgan fingerprint density at radius 1 is 0.971 bits per heavy atom. The summed E-state index contributed by atoms with van der Waals surface area (Å²) in [5.41, 5.74) is 2.04. The molecule has 0 aliphatic carbocycles. The minimum absolute atomic E-state index is 0.306. The van der Waals surface area contributed by atoms with Gasteiger partial charge in [0.15, 0.2) is 5.58 Å². The number of rotatable bonds is 5. The maximum atomic E-state index is 13.0. The molecule has 7 heteroatoms. The molecule has 170 valence electrons. The van der Waals surface area contributed by atoms with Gasteiger partial charge in [-0.15, -0.1) is 11.3 Å². The summed E-state index contributed by atoms with van der Waals surface area (Å²) in [6.07, 6.45) is 0. The Kier molecular flexibility index (Phi) is 5.49. The zero-order valence-corrected chi connectivity index (χ0v) is 19.2. The van der Waals surface area contributed by atoms with Gasteiger partial charge in [0.1, 0.15) is 12.4 Å². The lowest BCUT2D eigenvalue weighted by atomic mass is 10.1. The van der Waals surface area contributed by atoms with Crippen LogP contribution in [0.15, 0.2) is 82.0 Å². The fraction of sp³-hybridized carbons (Fsp3) is 0.185. The van der Waals surface area contributed by atoms with Gasteiger partial charge in [-0.05, 0) is 35.2 Å². The monoisotopic (exact) mass is 470 g/mol. The second-order valence-corrected chi connectivity index (χ2v) is 9.22. The third-order valence-electron chi connectivity index (χ3n) is 5.93. The van der Waals surface area contributed by atoms with Crippen molar-refractivity contribution < 1.29 is 13.9 Å². The number of thiophene rings is 1. The summed E-state index contributed by atoms with van der Waals surface area (Å²) < 4.78 is 19.3. The predicted molar refractivity (Wildman–Crippen MR) is 135 cm³/mol. The van der Waals surface area contributed by atoms with E-state index >= 15 is 0 Å². The van der Waals surface area contributed by atoms with E-state index in [9.17, 15) is 4.79 Å². The maximum absolute atomic E-state index is 13.0. The van der Waals surface area contributed by atoms with Crippen LogP contribution in [-0.4, -0.2) is 31.3 Å². The standard InChI is InChI=1S/C27H22N2O4S/c30-26-20-10-11-21(32-17-18-6-2-1-3-7-18)24(23-16-19-8-4-5-9-22(19)34-23)25(20)33-27(28-26)29-12-14-31-15-13-29/h1-11,16H,12-15,17H2. The molecule has 1 aliphatic rings. The van der Waals surface area contributed by atoms with Crippen molar-refractivity contribution in [1.29, 1.82) is 0 Å². The molecule has 0 amide bonds. The highest BCUT2D eigenvalue weighted by Gasteiger charge is 2.22. The van der Waals surface area contributed by atoms with E-state index in [2.05, 4.69) is 23.2 Å². The van der Waals surface area contributed by atoms with Crippen molar-refractivity contribution in [3.8, 4) is 16.2 Å². The normalized spacial score (nSPS) is 14.1. The number of anilines is 1. The largest absolute Gasteiger partial charge is 0.488 e. The first-order chi connectivity index (χ1) is 16.8. The first-order valence-corrected chi connectivity index (χ1v) is 12.0. The molecule has 1 saturated heterocycles. The summed E-state index contributed by atoms with van der Waals surface area (Å²) in [6.45, 7) is 2.82. The Labute approximate surface area is 200 Å². The van der Waals surface area contributed by atoms with Gasteiger partial charge in [-0.2, -0.15) is 4.98 Å². The summed E-state index contributed by atoms with van der Waals surface area (Å²) in [7, 11) is 0. The van der Waals surface area contributed by atoms with Crippen LogP contribution in [0.5, 0.6) is 5.75 Å². The molecule has 0 unspecified atom stereocenters. The smallest absolute Gasteiger partial charge is 0.301 e. The molecule has 2 aromatic heterocycles.